The number of nitrogens with one attached hydrogen (secondary N) is 1. The zero-order valence-corrected chi connectivity index (χ0v) is 17.2. The van der Waals surface area contributed by atoms with Crippen molar-refractivity contribution in [3.63, 3.8) is 0 Å². The molecule has 0 aliphatic rings. The second-order valence-corrected chi connectivity index (χ2v) is 8.87. The molecule has 0 fully saturated rings. The van der Waals surface area contributed by atoms with E-state index >= 15 is 0 Å². The van der Waals surface area contributed by atoms with Gasteiger partial charge in [-0.2, -0.15) is 0 Å². The fraction of sp³-hybridized carbons (Fsp3) is 0. The minimum atomic E-state index is 0.862. The summed E-state index contributed by atoms with van der Waals surface area (Å²) in [5.41, 5.74) is 3.85. The van der Waals surface area contributed by atoms with E-state index in [-0.39, 0.29) is 0 Å². The van der Waals surface area contributed by atoms with E-state index in [1.807, 2.05) is 29.7 Å². The van der Waals surface area contributed by atoms with Crippen LogP contribution in [0.1, 0.15) is 0 Å². The molecule has 1 N–H and O–H groups in total. The molecule has 4 heteroatoms. The second kappa shape index (κ2) is 6.30. The van der Waals surface area contributed by atoms with Crippen LogP contribution in [-0.2, 0) is 0 Å². The highest BCUT2D eigenvalue weighted by Crippen LogP contribution is 2.40. The Balaban J connectivity index is 1.34. The van der Waals surface area contributed by atoms with Crippen LogP contribution >= 0.6 is 11.3 Å². The predicted octanol–water partition coefficient (Wildman–Crippen LogP) is 8.25. The number of thiophene rings is 1. The Morgan fingerprint density at radius 3 is 2.55 bits per heavy atom. The minimum Gasteiger partial charge on any atom is -0.456 e. The number of anilines is 2. The van der Waals surface area contributed by atoms with Crippen LogP contribution in [0.4, 0.5) is 11.4 Å². The van der Waals surface area contributed by atoms with Gasteiger partial charge in [-0.3, -0.25) is 4.98 Å². The SMILES string of the molecule is c1ccc2c(c1)ccc1sc3cc(Nc4ccc5oc6ccncc6c5c4)ccc3c12. The lowest BCUT2D eigenvalue weighted by molar-refractivity contribution is 0.668. The zero-order chi connectivity index (χ0) is 20.4. The third kappa shape index (κ3) is 2.55. The van der Waals surface area contributed by atoms with Crippen molar-refractivity contribution in [3.05, 3.63) is 91.3 Å². The zero-order valence-electron chi connectivity index (χ0n) is 16.4. The normalized spacial score (nSPS) is 11.9. The number of hydrogen-bond acceptors (Lipinski definition) is 4. The van der Waals surface area contributed by atoms with Crippen LogP contribution in [0.15, 0.2) is 95.7 Å². The van der Waals surface area contributed by atoms with Crippen molar-refractivity contribution < 1.29 is 4.42 Å². The van der Waals surface area contributed by atoms with Gasteiger partial charge in [0.15, 0.2) is 0 Å². The smallest absolute Gasteiger partial charge is 0.138 e. The van der Waals surface area contributed by atoms with Crippen molar-refractivity contribution in [2.45, 2.75) is 0 Å². The first-order valence-corrected chi connectivity index (χ1v) is 11.0. The van der Waals surface area contributed by atoms with Crippen LogP contribution in [0.5, 0.6) is 0 Å². The van der Waals surface area contributed by atoms with Crippen molar-refractivity contribution in [2.24, 2.45) is 0 Å². The van der Waals surface area contributed by atoms with Crippen molar-refractivity contribution >= 4 is 75.6 Å². The molecular weight excluding hydrogens is 400 g/mol. The molecule has 4 aromatic carbocycles. The average Bonchev–Trinajstić information content (AvgIpc) is 3.37. The Morgan fingerprint density at radius 2 is 1.55 bits per heavy atom. The summed E-state index contributed by atoms with van der Waals surface area (Å²) >= 11 is 1.84. The summed E-state index contributed by atoms with van der Waals surface area (Å²) in [7, 11) is 0. The highest BCUT2D eigenvalue weighted by molar-refractivity contribution is 7.26. The fourth-order valence-electron chi connectivity index (χ4n) is 4.49. The van der Waals surface area contributed by atoms with Gasteiger partial charge in [0, 0.05) is 54.7 Å². The monoisotopic (exact) mass is 416 g/mol. The van der Waals surface area contributed by atoms with E-state index in [0.29, 0.717) is 0 Å². The molecule has 0 saturated carbocycles. The summed E-state index contributed by atoms with van der Waals surface area (Å²) < 4.78 is 8.53. The molecule has 0 saturated heterocycles. The molecular formula is C27H16N2OS. The first-order valence-electron chi connectivity index (χ1n) is 10.2. The van der Waals surface area contributed by atoms with Gasteiger partial charge in [0.05, 0.1) is 0 Å². The Morgan fingerprint density at radius 1 is 0.677 bits per heavy atom. The molecule has 0 aliphatic carbocycles. The topological polar surface area (TPSA) is 38.1 Å². The molecule has 0 bridgehead atoms. The maximum absolute atomic E-state index is 5.92. The first-order chi connectivity index (χ1) is 15.3. The summed E-state index contributed by atoms with van der Waals surface area (Å²) in [6.07, 6.45) is 3.62. The number of pyridine rings is 1. The third-order valence-corrected chi connectivity index (χ3v) is 7.04. The van der Waals surface area contributed by atoms with Gasteiger partial charge in [0.25, 0.3) is 0 Å². The highest BCUT2D eigenvalue weighted by atomic mass is 32.1. The number of fused-ring (bicyclic) bond motifs is 8. The number of furan rings is 1. The molecule has 31 heavy (non-hydrogen) atoms. The minimum absolute atomic E-state index is 0.862. The summed E-state index contributed by atoms with van der Waals surface area (Å²) in [4.78, 5) is 4.25. The molecule has 0 atom stereocenters. The maximum atomic E-state index is 5.92. The van der Waals surface area contributed by atoms with Crippen molar-refractivity contribution in [1.82, 2.24) is 4.98 Å². The highest BCUT2D eigenvalue weighted by Gasteiger charge is 2.11. The molecule has 3 aromatic heterocycles. The van der Waals surface area contributed by atoms with Gasteiger partial charge in [-0.25, -0.2) is 0 Å². The molecule has 0 radical (unpaired) electrons. The van der Waals surface area contributed by atoms with Crippen LogP contribution in [-0.4, -0.2) is 4.98 Å². The molecule has 7 aromatic rings. The quantitative estimate of drug-likeness (QED) is 0.308. The third-order valence-electron chi connectivity index (χ3n) is 5.92. The first kappa shape index (κ1) is 16.9. The molecule has 0 spiro atoms. The standard InChI is InChI=1S/C27H16N2OS/c1-2-4-19-16(3-1)5-10-25-27(19)20-8-6-18(14-26(20)31-25)29-17-7-9-23-21(13-17)22-15-28-12-11-24(22)30-23/h1-15,29H. The summed E-state index contributed by atoms with van der Waals surface area (Å²) in [5, 5.41) is 10.9. The van der Waals surface area contributed by atoms with Gasteiger partial charge < -0.3 is 9.73 Å². The van der Waals surface area contributed by atoms with Crippen LogP contribution in [0, 0.1) is 0 Å². The van der Waals surface area contributed by atoms with Gasteiger partial charge in [0.1, 0.15) is 11.2 Å². The van der Waals surface area contributed by atoms with E-state index in [0.717, 1.165) is 33.3 Å². The Kier molecular flexibility index (Phi) is 3.43. The summed E-state index contributed by atoms with van der Waals surface area (Å²) in [6.45, 7) is 0. The van der Waals surface area contributed by atoms with E-state index in [2.05, 4.69) is 77.0 Å². The van der Waals surface area contributed by atoms with Gasteiger partial charge in [-0.1, -0.05) is 36.4 Å². The van der Waals surface area contributed by atoms with Crippen molar-refractivity contribution in [3.8, 4) is 0 Å². The number of rotatable bonds is 2. The summed E-state index contributed by atoms with van der Waals surface area (Å²) in [6, 6.07) is 27.8. The van der Waals surface area contributed by atoms with Gasteiger partial charge in [0.2, 0.25) is 0 Å². The molecule has 3 heterocycles. The van der Waals surface area contributed by atoms with E-state index in [4.69, 9.17) is 4.42 Å². The Bertz CT molecular complexity index is 1780. The van der Waals surface area contributed by atoms with Gasteiger partial charge >= 0.3 is 0 Å². The van der Waals surface area contributed by atoms with Crippen molar-refractivity contribution in [1.29, 1.82) is 0 Å². The lowest BCUT2D eigenvalue weighted by Gasteiger charge is -2.07. The molecule has 0 amide bonds. The van der Waals surface area contributed by atoms with Crippen LogP contribution in [0.25, 0.3) is 52.9 Å². The van der Waals surface area contributed by atoms with Crippen LogP contribution in [0.3, 0.4) is 0 Å². The largest absolute Gasteiger partial charge is 0.456 e. The molecule has 7 rings (SSSR count). The predicted molar refractivity (Wildman–Crippen MR) is 132 cm³/mol. The van der Waals surface area contributed by atoms with E-state index in [9.17, 15) is 0 Å². The molecule has 3 nitrogen and oxygen atoms in total. The van der Waals surface area contributed by atoms with E-state index in [1.165, 1.54) is 30.9 Å². The Labute approximate surface area is 181 Å². The van der Waals surface area contributed by atoms with Gasteiger partial charge in [-0.15, -0.1) is 11.3 Å². The van der Waals surface area contributed by atoms with E-state index in [1.54, 1.807) is 6.20 Å². The van der Waals surface area contributed by atoms with E-state index < -0.39 is 0 Å². The average molecular weight is 417 g/mol. The lowest BCUT2D eigenvalue weighted by atomic mass is 10.0. The molecule has 0 unspecified atom stereocenters. The lowest BCUT2D eigenvalue weighted by Crippen LogP contribution is -1.89. The number of hydrogen-bond donors (Lipinski definition) is 1. The maximum Gasteiger partial charge on any atom is 0.138 e. The van der Waals surface area contributed by atoms with Gasteiger partial charge in [-0.05, 0) is 53.2 Å². The number of nitrogens with zero attached hydrogens (tertiary/aromatic N) is 1. The molecule has 0 aliphatic heterocycles. The number of benzene rings is 4. The van der Waals surface area contributed by atoms with Crippen molar-refractivity contribution in [2.75, 3.05) is 5.32 Å². The number of aromatic nitrogens is 1. The summed E-state index contributed by atoms with van der Waals surface area (Å²) in [5.74, 6) is 0. The second-order valence-electron chi connectivity index (χ2n) is 7.78. The van der Waals surface area contributed by atoms with Crippen LogP contribution in [0.2, 0.25) is 0 Å². The fourth-order valence-corrected chi connectivity index (χ4v) is 5.65. The molecule has 146 valence electrons. The Hall–Kier alpha value is -3.89. The van der Waals surface area contributed by atoms with Crippen LogP contribution < -0.4 is 5.32 Å².